The summed E-state index contributed by atoms with van der Waals surface area (Å²) >= 11 is 0. The summed E-state index contributed by atoms with van der Waals surface area (Å²) < 4.78 is 102. The summed E-state index contributed by atoms with van der Waals surface area (Å²) in [7, 11) is 0. The van der Waals surface area contributed by atoms with Crippen LogP contribution in [0.1, 0.15) is 6.42 Å². The van der Waals surface area contributed by atoms with Crippen LogP contribution in [0.2, 0.25) is 0 Å². The van der Waals surface area contributed by atoms with Gasteiger partial charge in [0, 0.05) is 0 Å². The largest absolute Gasteiger partial charge is 0.469 e. The molecule has 0 amide bonds. The third-order valence-electron chi connectivity index (χ3n) is 1.79. The van der Waals surface area contributed by atoms with Gasteiger partial charge in [-0.2, -0.15) is 36.0 Å². The molecule has 0 N–H and O–H groups in total. The number of carbonyl (C=O) groups is 1. The number of hydrogen-bond acceptors (Lipinski definition) is 3. The van der Waals surface area contributed by atoms with Gasteiger partial charge in [-0.3, -0.25) is 0 Å². The van der Waals surface area contributed by atoms with E-state index in [2.05, 4.69) is 11.3 Å². The van der Waals surface area contributed by atoms with E-state index in [1.165, 1.54) is 0 Å². The molecule has 0 rings (SSSR count). The summed E-state index contributed by atoms with van der Waals surface area (Å²) in [5.41, 5.74) is -1.31. The van der Waals surface area contributed by atoms with Crippen LogP contribution in [-0.2, 0) is 9.53 Å². The van der Waals surface area contributed by atoms with Crippen molar-refractivity contribution >= 4 is 5.97 Å². The third kappa shape index (κ3) is 4.36. The summed E-state index contributed by atoms with van der Waals surface area (Å²) in [6.07, 6.45) is -18.6. The molecule has 0 saturated carbocycles. The first-order chi connectivity index (χ1) is 8.74. The Balaban J connectivity index is 5.12. The maximum atomic E-state index is 12.8. The first-order valence-corrected chi connectivity index (χ1v) is 4.53. The van der Waals surface area contributed by atoms with Crippen LogP contribution < -0.4 is 0 Å². The average Bonchev–Trinajstić information content (AvgIpc) is 2.24. The fourth-order valence-electron chi connectivity index (χ4n) is 0.805. The number of rotatable bonds is 5. The Hall–Kier alpha value is -1.86. The number of nitriles is 1. The van der Waals surface area contributed by atoms with Gasteiger partial charge in [-0.1, -0.05) is 6.58 Å². The van der Waals surface area contributed by atoms with Crippen molar-refractivity contribution in [3.63, 3.8) is 0 Å². The lowest BCUT2D eigenvalue weighted by Gasteiger charge is -2.28. The number of hydrogen-bond donors (Lipinski definition) is 0. The van der Waals surface area contributed by atoms with Gasteiger partial charge in [0.2, 0.25) is 0 Å². The summed E-state index contributed by atoms with van der Waals surface area (Å²) in [6, 6.07) is 0.885. The van der Waals surface area contributed by atoms with Gasteiger partial charge in [-0.05, 0) is 0 Å². The van der Waals surface area contributed by atoms with Gasteiger partial charge in [0.05, 0.1) is 6.42 Å². The Bertz CT molecular complexity index is 436. The minimum absolute atomic E-state index is 0.885. The minimum Gasteiger partial charge on any atom is -0.392 e. The Morgan fingerprint density at radius 2 is 1.65 bits per heavy atom. The summed E-state index contributed by atoms with van der Waals surface area (Å²) in [5.74, 6) is -8.25. The molecule has 1 atom stereocenters. The quantitative estimate of drug-likeness (QED) is 0.339. The second kappa shape index (κ2) is 5.64. The molecular weight excluding hydrogens is 306 g/mol. The molecule has 1 unspecified atom stereocenters. The second-order valence-electron chi connectivity index (χ2n) is 3.41. The van der Waals surface area contributed by atoms with Crippen molar-refractivity contribution in [1.82, 2.24) is 0 Å². The van der Waals surface area contributed by atoms with E-state index in [0.29, 0.717) is 0 Å². The van der Waals surface area contributed by atoms with Crippen LogP contribution in [0.4, 0.5) is 35.1 Å². The molecule has 0 heterocycles. The monoisotopic (exact) mass is 311 g/mol. The van der Waals surface area contributed by atoms with Crippen molar-refractivity contribution in [3.8, 4) is 6.07 Å². The molecule has 0 aromatic rings. The first kappa shape index (κ1) is 18.1. The van der Waals surface area contributed by atoms with Gasteiger partial charge in [0.25, 0.3) is 0 Å². The molecular formula is C9H5F8NO2. The molecule has 3 nitrogen and oxygen atoms in total. The average molecular weight is 311 g/mol. The van der Waals surface area contributed by atoms with Crippen molar-refractivity contribution in [2.75, 3.05) is 0 Å². The molecule has 0 bridgehead atoms. The number of alkyl halides is 8. The van der Waals surface area contributed by atoms with Crippen LogP contribution in [0.15, 0.2) is 12.2 Å². The summed E-state index contributed by atoms with van der Waals surface area (Å²) in [4.78, 5) is 10.6. The number of nitrogens with zero attached hydrogens (tertiary/aromatic N) is 1. The van der Waals surface area contributed by atoms with Crippen LogP contribution >= 0.6 is 0 Å². The highest BCUT2D eigenvalue weighted by Gasteiger charge is 2.67. The van der Waals surface area contributed by atoms with E-state index in [-0.39, 0.29) is 0 Å². The molecule has 0 aliphatic heterocycles. The Kier molecular flexibility index (Phi) is 5.11. The van der Waals surface area contributed by atoms with Crippen LogP contribution in [0, 0.1) is 11.3 Å². The zero-order valence-corrected chi connectivity index (χ0v) is 9.28. The van der Waals surface area contributed by atoms with Gasteiger partial charge >= 0.3 is 24.2 Å². The van der Waals surface area contributed by atoms with Crippen LogP contribution in [0.3, 0.4) is 0 Å². The fraction of sp³-hybridized carbons (Fsp3) is 0.556. The Morgan fingerprint density at radius 1 is 1.20 bits per heavy atom. The normalized spacial score (nSPS) is 14.3. The molecule has 0 aromatic heterocycles. The molecule has 0 aliphatic rings. The van der Waals surface area contributed by atoms with Gasteiger partial charge in [0.1, 0.15) is 11.6 Å². The molecule has 0 fully saturated rings. The Labute approximate surface area is 106 Å². The topological polar surface area (TPSA) is 50.1 Å². The van der Waals surface area contributed by atoms with Crippen molar-refractivity contribution in [1.29, 1.82) is 5.26 Å². The molecule has 0 saturated heterocycles. The van der Waals surface area contributed by atoms with Crippen molar-refractivity contribution in [3.05, 3.63) is 12.2 Å². The SMILES string of the molecule is C=C(C#N)C(=O)OC(F)(F)C(F)(F)C(F)CC(F)(F)F. The van der Waals surface area contributed by atoms with E-state index < -0.39 is 42.3 Å². The summed E-state index contributed by atoms with van der Waals surface area (Å²) in [5, 5.41) is 8.06. The van der Waals surface area contributed by atoms with Crippen LogP contribution in [-0.4, -0.2) is 30.3 Å². The van der Waals surface area contributed by atoms with Crippen LogP contribution in [0.25, 0.3) is 0 Å². The predicted octanol–water partition coefficient (Wildman–Crippen LogP) is 3.13. The highest BCUT2D eigenvalue weighted by molar-refractivity contribution is 5.92. The Morgan fingerprint density at radius 3 is 2.00 bits per heavy atom. The number of carbonyl (C=O) groups excluding carboxylic acids is 1. The van der Waals surface area contributed by atoms with Gasteiger partial charge in [0.15, 0.2) is 6.17 Å². The van der Waals surface area contributed by atoms with Gasteiger partial charge in [-0.15, -0.1) is 0 Å². The van der Waals surface area contributed by atoms with Crippen molar-refractivity contribution < 1.29 is 44.7 Å². The third-order valence-corrected chi connectivity index (χ3v) is 1.79. The zero-order chi connectivity index (χ0) is 16.4. The van der Waals surface area contributed by atoms with Gasteiger partial charge in [-0.25, -0.2) is 9.18 Å². The fourth-order valence-corrected chi connectivity index (χ4v) is 0.805. The van der Waals surface area contributed by atoms with E-state index >= 15 is 0 Å². The molecule has 0 radical (unpaired) electrons. The number of halogens is 8. The lowest BCUT2D eigenvalue weighted by atomic mass is 10.1. The highest BCUT2D eigenvalue weighted by Crippen LogP contribution is 2.43. The second-order valence-corrected chi connectivity index (χ2v) is 3.41. The maximum absolute atomic E-state index is 12.8. The first-order valence-electron chi connectivity index (χ1n) is 4.53. The standard InChI is InChI=1S/C9H5F8NO2/c1-4(3-18)6(19)20-9(16,17)8(14,15)5(10)2-7(11,12)13/h5H,1-2H2. The molecule has 20 heavy (non-hydrogen) atoms. The van der Waals surface area contributed by atoms with E-state index in [1.807, 2.05) is 0 Å². The van der Waals surface area contributed by atoms with Crippen molar-refractivity contribution in [2.45, 2.75) is 30.8 Å². The smallest absolute Gasteiger partial charge is 0.392 e. The van der Waals surface area contributed by atoms with E-state index in [0.717, 1.165) is 6.07 Å². The summed E-state index contributed by atoms with van der Waals surface area (Å²) in [6.45, 7) is 2.56. The lowest BCUT2D eigenvalue weighted by Crippen LogP contribution is -2.51. The highest BCUT2D eigenvalue weighted by atomic mass is 19.4. The van der Waals surface area contributed by atoms with Gasteiger partial charge < -0.3 is 4.74 Å². The van der Waals surface area contributed by atoms with Crippen LogP contribution in [0.5, 0.6) is 0 Å². The maximum Gasteiger partial charge on any atom is 0.469 e. The van der Waals surface area contributed by atoms with E-state index in [4.69, 9.17) is 5.26 Å². The molecule has 114 valence electrons. The molecule has 0 aromatic carbocycles. The number of ether oxygens (including phenoxy) is 1. The van der Waals surface area contributed by atoms with E-state index in [1.54, 1.807) is 0 Å². The van der Waals surface area contributed by atoms with Crippen molar-refractivity contribution in [2.24, 2.45) is 0 Å². The molecule has 0 aliphatic carbocycles. The number of esters is 1. The molecule has 11 heteroatoms. The minimum atomic E-state index is -5.94. The van der Waals surface area contributed by atoms with E-state index in [9.17, 15) is 39.9 Å². The molecule has 0 spiro atoms. The predicted molar refractivity (Wildman–Crippen MR) is 46.3 cm³/mol. The lowest BCUT2D eigenvalue weighted by molar-refractivity contribution is -0.350. The zero-order valence-electron chi connectivity index (χ0n) is 9.28.